The number of hydrogen-bond acceptors (Lipinski definition) is 5. The van der Waals surface area contributed by atoms with Crippen LogP contribution in [0.1, 0.15) is 18.4 Å². The molecule has 0 heterocycles. The molecule has 6 nitrogen and oxygen atoms in total. The molecular weight excluding hydrogens is 284 g/mol. The number of carbonyl (C=O) groups is 1. The van der Waals surface area contributed by atoms with Gasteiger partial charge in [0.2, 0.25) is 0 Å². The summed E-state index contributed by atoms with van der Waals surface area (Å²) in [7, 11) is 0. The first-order valence-corrected chi connectivity index (χ1v) is 7.67. The minimum absolute atomic E-state index is 0.0561. The van der Waals surface area contributed by atoms with Gasteiger partial charge in [0.15, 0.2) is 0 Å². The highest BCUT2D eigenvalue weighted by molar-refractivity contribution is 5.67. The van der Waals surface area contributed by atoms with Crippen LogP contribution in [0.2, 0.25) is 0 Å². The van der Waals surface area contributed by atoms with E-state index in [2.05, 4.69) is 10.6 Å². The first kappa shape index (κ1) is 16.7. The molecule has 122 valence electrons. The Labute approximate surface area is 130 Å². The van der Waals surface area contributed by atoms with Gasteiger partial charge in [-0.15, -0.1) is 0 Å². The second-order valence-corrected chi connectivity index (χ2v) is 5.36. The lowest BCUT2D eigenvalue weighted by atomic mass is 9.87. The zero-order chi connectivity index (χ0) is 15.6. The van der Waals surface area contributed by atoms with E-state index in [-0.39, 0.29) is 18.7 Å². The molecule has 0 unspecified atom stereocenters. The summed E-state index contributed by atoms with van der Waals surface area (Å²) in [6.45, 7) is 2.08. The van der Waals surface area contributed by atoms with Gasteiger partial charge in [0, 0.05) is 18.6 Å². The van der Waals surface area contributed by atoms with Crippen LogP contribution >= 0.6 is 0 Å². The Morgan fingerprint density at radius 3 is 2.68 bits per heavy atom. The summed E-state index contributed by atoms with van der Waals surface area (Å²) in [6, 6.07) is 10.2. The summed E-state index contributed by atoms with van der Waals surface area (Å²) in [5, 5.41) is 14.8. The van der Waals surface area contributed by atoms with Gasteiger partial charge in [-0.1, -0.05) is 30.3 Å². The fourth-order valence-electron chi connectivity index (χ4n) is 2.34. The first-order valence-electron chi connectivity index (χ1n) is 7.67. The van der Waals surface area contributed by atoms with Gasteiger partial charge in [-0.3, -0.25) is 0 Å². The molecule has 1 saturated carbocycles. The highest BCUT2D eigenvalue weighted by Crippen LogP contribution is 2.19. The number of alkyl carbamates (subject to hydrolysis) is 1. The van der Waals surface area contributed by atoms with Crippen LogP contribution in [0, 0.1) is 0 Å². The van der Waals surface area contributed by atoms with Crippen LogP contribution in [0.25, 0.3) is 0 Å². The molecule has 1 aliphatic carbocycles. The zero-order valence-electron chi connectivity index (χ0n) is 12.7. The SMILES string of the molecule is O=C(NC1CC(NCCOCCO)C1)OCc1ccccc1. The Kier molecular flexibility index (Phi) is 7.15. The van der Waals surface area contributed by atoms with Crippen molar-refractivity contribution >= 4 is 6.09 Å². The van der Waals surface area contributed by atoms with Crippen LogP contribution in [0.4, 0.5) is 4.79 Å². The molecule has 0 aromatic heterocycles. The van der Waals surface area contributed by atoms with Crippen molar-refractivity contribution in [2.75, 3.05) is 26.4 Å². The number of rotatable bonds is 9. The average Bonchev–Trinajstić information content (AvgIpc) is 2.51. The molecule has 3 N–H and O–H groups in total. The highest BCUT2D eigenvalue weighted by Gasteiger charge is 2.30. The number of carbonyl (C=O) groups excluding carboxylic acids is 1. The summed E-state index contributed by atoms with van der Waals surface area (Å²) in [5.74, 6) is 0. The normalized spacial score (nSPS) is 20.2. The smallest absolute Gasteiger partial charge is 0.407 e. The second kappa shape index (κ2) is 9.40. The minimum atomic E-state index is -0.362. The maximum atomic E-state index is 11.7. The van der Waals surface area contributed by atoms with E-state index in [0.717, 1.165) is 24.9 Å². The topological polar surface area (TPSA) is 79.8 Å². The largest absolute Gasteiger partial charge is 0.445 e. The van der Waals surface area contributed by atoms with Gasteiger partial charge in [-0.05, 0) is 18.4 Å². The van der Waals surface area contributed by atoms with Crippen molar-refractivity contribution in [2.45, 2.75) is 31.5 Å². The molecule has 0 saturated heterocycles. The van der Waals surface area contributed by atoms with E-state index in [9.17, 15) is 4.79 Å². The zero-order valence-corrected chi connectivity index (χ0v) is 12.7. The number of amides is 1. The first-order chi connectivity index (χ1) is 10.8. The van der Waals surface area contributed by atoms with Crippen molar-refractivity contribution in [1.82, 2.24) is 10.6 Å². The van der Waals surface area contributed by atoms with E-state index in [1.165, 1.54) is 0 Å². The predicted octanol–water partition coefficient (Wildman–Crippen LogP) is 1.04. The van der Waals surface area contributed by atoms with Gasteiger partial charge in [0.25, 0.3) is 0 Å². The molecular formula is C16H24N2O4. The summed E-state index contributed by atoms with van der Waals surface area (Å²) >= 11 is 0. The van der Waals surface area contributed by atoms with E-state index in [1.807, 2.05) is 30.3 Å². The van der Waals surface area contributed by atoms with E-state index in [1.54, 1.807) is 0 Å². The number of aliphatic hydroxyl groups excluding tert-OH is 1. The lowest BCUT2D eigenvalue weighted by molar-refractivity contribution is 0.0886. The van der Waals surface area contributed by atoms with Crippen LogP contribution < -0.4 is 10.6 Å². The summed E-state index contributed by atoms with van der Waals surface area (Å²) < 4.78 is 10.3. The van der Waals surface area contributed by atoms with Crippen LogP contribution in [0.3, 0.4) is 0 Å². The Bertz CT molecular complexity index is 435. The van der Waals surface area contributed by atoms with Crippen LogP contribution in [0.5, 0.6) is 0 Å². The van der Waals surface area contributed by atoms with Gasteiger partial charge >= 0.3 is 6.09 Å². The number of hydrogen-bond donors (Lipinski definition) is 3. The quantitative estimate of drug-likeness (QED) is 0.594. The predicted molar refractivity (Wildman–Crippen MR) is 82.5 cm³/mol. The van der Waals surface area contributed by atoms with Gasteiger partial charge in [-0.25, -0.2) is 4.79 Å². The molecule has 0 atom stereocenters. The summed E-state index contributed by atoms with van der Waals surface area (Å²) in [5.41, 5.74) is 0.980. The van der Waals surface area contributed by atoms with Crippen LogP contribution in [0.15, 0.2) is 30.3 Å². The van der Waals surface area contributed by atoms with E-state index in [0.29, 0.717) is 25.9 Å². The summed E-state index contributed by atoms with van der Waals surface area (Å²) in [4.78, 5) is 11.7. The lowest BCUT2D eigenvalue weighted by Crippen LogP contribution is -2.53. The van der Waals surface area contributed by atoms with Crippen molar-refractivity contribution in [3.05, 3.63) is 35.9 Å². The van der Waals surface area contributed by atoms with Crippen molar-refractivity contribution in [2.24, 2.45) is 0 Å². The Hall–Kier alpha value is -1.63. The molecule has 6 heteroatoms. The van der Waals surface area contributed by atoms with Gasteiger partial charge < -0.3 is 25.2 Å². The van der Waals surface area contributed by atoms with Crippen LogP contribution in [-0.4, -0.2) is 49.6 Å². The molecule has 1 aromatic rings. The van der Waals surface area contributed by atoms with Crippen LogP contribution in [-0.2, 0) is 16.1 Å². The molecule has 0 aliphatic heterocycles. The van der Waals surface area contributed by atoms with Gasteiger partial charge in [0.05, 0.1) is 19.8 Å². The fraction of sp³-hybridized carbons (Fsp3) is 0.562. The molecule has 1 aliphatic rings. The van der Waals surface area contributed by atoms with Gasteiger partial charge in [0.1, 0.15) is 6.61 Å². The van der Waals surface area contributed by atoms with E-state index in [4.69, 9.17) is 14.6 Å². The molecule has 1 aromatic carbocycles. The highest BCUT2D eigenvalue weighted by atomic mass is 16.5. The maximum absolute atomic E-state index is 11.7. The second-order valence-electron chi connectivity index (χ2n) is 5.36. The minimum Gasteiger partial charge on any atom is -0.445 e. The Morgan fingerprint density at radius 1 is 1.18 bits per heavy atom. The molecule has 0 spiro atoms. The van der Waals surface area contributed by atoms with Gasteiger partial charge in [-0.2, -0.15) is 0 Å². The average molecular weight is 308 g/mol. The standard InChI is InChI=1S/C16H24N2O4/c19-7-9-21-8-6-17-14-10-15(11-14)18-16(20)22-12-13-4-2-1-3-5-13/h1-5,14-15,17,19H,6-12H2,(H,18,20). The Balaban J connectivity index is 1.49. The van der Waals surface area contributed by atoms with Crippen molar-refractivity contribution in [1.29, 1.82) is 0 Å². The fourth-order valence-corrected chi connectivity index (χ4v) is 2.34. The number of nitrogens with one attached hydrogen (secondary N) is 2. The molecule has 22 heavy (non-hydrogen) atoms. The van der Waals surface area contributed by atoms with Crippen molar-refractivity contribution < 1.29 is 19.4 Å². The third kappa shape index (κ3) is 6.01. The van der Waals surface area contributed by atoms with E-state index >= 15 is 0 Å². The monoisotopic (exact) mass is 308 g/mol. The third-order valence-corrected chi connectivity index (χ3v) is 3.59. The molecule has 0 radical (unpaired) electrons. The maximum Gasteiger partial charge on any atom is 0.407 e. The van der Waals surface area contributed by atoms with E-state index < -0.39 is 0 Å². The number of aliphatic hydroxyl groups is 1. The molecule has 1 amide bonds. The third-order valence-electron chi connectivity index (χ3n) is 3.59. The summed E-state index contributed by atoms with van der Waals surface area (Å²) in [6.07, 6.45) is 1.44. The molecule has 0 bridgehead atoms. The van der Waals surface area contributed by atoms with Crippen molar-refractivity contribution in [3.63, 3.8) is 0 Å². The number of ether oxygens (including phenoxy) is 2. The molecule has 1 fully saturated rings. The van der Waals surface area contributed by atoms with Crippen molar-refractivity contribution in [3.8, 4) is 0 Å². The number of benzene rings is 1. The molecule has 2 rings (SSSR count). The lowest BCUT2D eigenvalue weighted by Gasteiger charge is -2.36. The Morgan fingerprint density at radius 2 is 1.95 bits per heavy atom.